The van der Waals surface area contributed by atoms with E-state index in [1.165, 1.54) is 4.70 Å². The van der Waals surface area contributed by atoms with E-state index in [2.05, 4.69) is 17.6 Å². The lowest BCUT2D eigenvalue weighted by atomic mass is 10.2. The lowest BCUT2D eigenvalue weighted by Crippen LogP contribution is -1.96. The Balaban J connectivity index is 1.82. The first-order valence-corrected chi connectivity index (χ1v) is 8.07. The molecule has 2 aromatic carbocycles. The van der Waals surface area contributed by atoms with Gasteiger partial charge in [0.05, 0.1) is 17.3 Å². The Kier molecular flexibility index (Phi) is 4.74. The van der Waals surface area contributed by atoms with E-state index in [1.807, 2.05) is 48.6 Å². The number of rotatable bonds is 6. The van der Waals surface area contributed by atoms with Crippen LogP contribution in [0.15, 0.2) is 55.1 Å². The van der Waals surface area contributed by atoms with Crippen molar-refractivity contribution >= 4 is 33.7 Å². The molecule has 3 nitrogen and oxygen atoms in total. The van der Waals surface area contributed by atoms with Crippen molar-refractivity contribution < 1.29 is 9.47 Å². The van der Waals surface area contributed by atoms with Crippen molar-refractivity contribution in [3.8, 4) is 11.5 Å². The highest BCUT2D eigenvalue weighted by Gasteiger charge is 2.04. The average Bonchev–Trinajstić information content (AvgIpc) is 3.01. The summed E-state index contributed by atoms with van der Waals surface area (Å²) in [7, 11) is 1.64. The van der Waals surface area contributed by atoms with Gasteiger partial charge in [-0.1, -0.05) is 36.9 Å². The number of aromatic nitrogens is 1. The van der Waals surface area contributed by atoms with Crippen molar-refractivity contribution in [1.82, 2.24) is 4.98 Å². The first-order chi connectivity index (χ1) is 11.3. The van der Waals surface area contributed by atoms with E-state index in [4.69, 9.17) is 9.47 Å². The number of methoxy groups -OCH3 is 1. The SMILES string of the molecule is C=CCOc1ccc(C=Cc2nc3ccccc3s2)cc1OC. The molecule has 0 saturated carbocycles. The van der Waals surface area contributed by atoms with Crippen molar-refractivity contribution in [2.24, 2.45) is 0 Å². The summed E-state index contributed by atoms with van der Waals surface area (Å²) >= 11 is 1.68. The topological polar surface area (TPSA) is 31.4 Å². The summed E-state index contributed by atoms with van der Waals surface area (Å²) in [5.41, 5.74) is 2.06. The Morgan fingerprint density at radius 2 is 2.00 bits per heavy atom. The van der Waals surface area contributed by atoms with Crippen LogP contribution in [0, 0.1) is 0 Å². The van der Waals surface area contributed by atoms with Gasteiger partial charge in [-0.15, -0.1) is 11.3 Å². The molecular formula is C19H17NO2S. The third-order valence-corrected chi connectivity index (χ3v) is 4.27. The van der Waals surface area contributed by atoms with Crippen molar-refractivity contribution in [1.29, 1.82) is 0 Å². The maximum atomic E-state index is 5.56. The normalized spacial score (nSPS) is 11.0. The lowest BCUT2D eigenvalue weighted by Gasteiger charge is -2.09. The second-order valence-corrected chi connectivity index (χ2v) is 5.93. The molecule has 0 fully saturated rings. The van der Waals surface area contributed by atoms with Crippen molar-refractivity contribution in [3.05, 3.63) is 65.7 Å². The Bertz CT molecular complexity index is 818. The standard InChI is InChI=1S/C19H17NO2S/c1-3-12-22-16-10-8-14(13-17(16)21-2)9-11-19-20-15-6-4-5-7-18(15)23-19/h3-11,13H,1,12H2,2H3. The van der Waals surface area contributed by atoms with Crippen LogP contribution < -0.4 is 9.47 Å². The number of nitrogens with zero attached hydrogens (tertiary/aromatic N) is 1. The highest BCUT2D eigenvalue weighted by Crippen LogP contribution is 2.29. The number of thiazole rings is 1. The van der Waals surface area contributed by atoms with Crippen LogP contribution >= 0.6 is 11.3 Å². The summed E-state index contributed by atoms with van der Waals surface area (Å²) in [6, 6.07) is 14.0. The molecule has 0 spiro atoms. The molecule has 4 heteroatoms. The van der Waals surface area contributed by atoms with Gasteiger partial charge in [-0.05, 0) is 35.9 Å². The van der Waals surface area contributed by atoms with Crippen LogP contribution in [0.2, 0.25) is 0 Å². The van der Waals surface area contributed by atoms with Crippen LogP contribution in [-0.4, -0.2) is 18.7 Å². The molecule has 116 valence electrons. The number of hydrogen-bond donors (Lipinski definition) is 0. The molecular weight excluding hydrogens is 306 g/mol. The molecule has 0 aliphatic heterocycles. The molecule has 3 rings (SSSR count). The highest BCUT2D eigenvalue weighted by molar-refractivity contribution is 7.19. The zero-order valence-electron chi connectivity index (χ0n) is 12.9. The summed E-state index contributed by atoms with van der Waals surface area (Å²) in [6.45, 7) is 4.10. The summed E-state index contributed by atoms with van der Waals surface area (Å²) < 4.78 is 12.1. The summed E-state index contributed by atoms with van der Waals surface area (Å²) in [5, 5.41) is 0.983. The van der Waals surface area contributed by atoms with Gasteiger partial charge in [-0.25, -0.2) is 4.98 Å². The molecule has 0 radical (unpaired) electrons. The van der Waals surface area contributed by atoms with E-state index in [1.54, 1.807) is 24.5 Å². The number of ether oxygens (including phenoxy) is 2. The van der Waals surface area contributed by atoms with Gasteiger partial charge < -0.3 is 9.47 Å². The first kappa shape index (κ1) is 15.3. The maximum absolute atomic E-state index is 5.56. The van der Waals surface area contributed by atoms with Gasteiger partial charge >= 0.3 is 0 Å². The third kappa shape index (κ3) is 3.60. The van der Waals surface area contributed by atoms with Crippen LogP contribution in [0.4, 0.5) is 0 Å². The minimum Gasteiger partial charge on any atom is -0.493 e. The predicted octanol–water partition coefficient (Wildman–Crippen LogP) is 5.04. The molecule has 0 atom stereocenters. The Hall–Kier alpha value is -2.59. The molecule has 1 aromatic heterocycles. The Morgan fingerprint density at radius 3 is 2.78 bits per heavy atom. The zero-order valence-corrected chi connectivity index (χ0v) is 13.7. The van der Waals surface area contributed by atoms with Gasteiger partial charge in [0, 0.05) is 0 Å². The fourth-order valence-corrected chi connectivity index (χ4v) is 3.05. The Labute approximate surface area is 139 Å². The van der Waals surface area contributed by atoms with Crippen LogP contribution in [-0.2, 0) is 0 Å². The van der Waals surface area contributed by atoms with Gasteiger partial charge in [0.1, 0.15) is 11.6 Å². The number of fused-ring (bicyclic) bond motifs is 1. The van der Waals surface area contributed by atoms with Crippen LogP contribution in [0.3, 0.4) is 0 Å². The van der Waals surface area contributed by atoms with Gasteiger partial charge in [-0.3, -0.25) is 0 Å². The van der Waals surface area contributed by atoms with E-state index in [-0.39, 0.29) is 0 Å². The average molecular weight is 323 g/mol. The fourth-order valence-electron chi connectivity index (χ4n) is 2.18. The van der Waals surface area contributed by atoms with E-state index >= 15 is 0 Å². The summed E-state index contributed by atoms with van der Waals surface area (Å²) in [5.74, 6) is 1.42. The molecule has 0 N–H and O–H groups in total. The van der Waals surface area contributed by atoms with E-state index in [9.17, 15) is 0 Å². The zero-order chi connectivity index (χ0) is 16.1. The van der Waals surface area contributed by atoms with E-state index < -0.39 is 0 Å². The minimum absolute atomic E-state index is 0.456. The molecule has 0 aliphatic carbocycles. The molecule has 23 heavy (non-hydrogen) atoms. The monoisotopic (exact) mass is 323 g/mol. The largest absolute Gasteiger partial charge is 0.493 e. The molecule has 0 saturated heterocycles. The van der Waals surface area contributed by atoms with Crippen molar-refractivity contribution in [3.63, 3.8) is 0 Å². The van der Waals surface area contributed by atoms with Crippen LogP contribution in [0.1, 0.15) is 10.6 Å². The lowest BCUT2D eigenvalue weighted by molar-refractivity contribution is 0.326. The van der Waals surface area contributed by atoms with Gasteiger partial charge in [0.25, 0.3) is 0 Å². The van der Waals surface area contributed by atoms with Crippen molar-refractivity contribution in [2.45, 2.75) is 0 Å². The van der Waals surface area contributed by atoms with Crippen LogP contribution in [0.25, 0.3) is 22.4 Å². The summed E-state index contributed by atoms with van der Waals surface area (Å²) in [6.07, 6.45) is 5.75. The maximum Gasteiger partial charge on any atom is 0.161 e. The molecule has 0 aliphatic rings. The first-order valence-electron chi connectivity index (χ1n) is 7.25. The van der Waals surface area contributed by atoms with Gasteiger partial charge in [-0.2, -0.15) is 0 Å². The molecule has 0 amide bonds. The third-order valence-electron chi connectivity index (χ3n) is 3.27. The smallest absolute Gasteiger partial charge is 0.161 e. The quantitative estimate of drug-likeness (QED) is 0.596. The molecule has 3 aromatic rings. The molecule has 0 unspecified atom stereocenters. The predicted molar refractivity (Wildman–Crippen MR) is 97.2 cm³/mol. The second-order valence-electron chi connectivity index (χ2n) is 4.86. The summed E-state index contributed by atoms with van der Waals surface area (Å²) in [4.78, 5) is 4.59. The number of hydrogen-bond acceptors (Lipinski definition) is 4. The second kappa shape index (κ2) is 7.11. The van der Waals surface area contributed by atoms with Crippen LogP contribution in [0.5, 0.6) is 11.5 Å². The van der Waals surface area contributed by atoms with Gasteiger partial charge in [0.2, 0.25) is 0 Å². The minimum atomic E-state index is 0.456. The fraction of sp³-hybridized carbons (Fsp3) is 0.105. The number of benzene rings is 2. The van der Waals surface area contributed by atoms with Gasteiger partial charge in [0.15, 0.2) is 11.5 Å². The highest BCUT2D eigenvalue weighted by atomic mass is 32.1. The number of para-hydroxylation sites is 1. The molecule has 1 heterocycles. The Morgan fingerprint density at radius 1 is 1.13 bits per heavy atom. The van der Waals surface area contributed by atoms with E-state index in [0.29, 0.717) is 18.1 Å². The molecule has 0 bridgehead atoms. The van der Waals surface area contributed by atoms with E-state index in [0.717, 1.165) is 16.1 Å². The van der Waals surface area contributed by atoms with Crippen molar-refractivity contribution in [2.75, 3.05) is 13.7 Å².